The van der Waals surface area contributed by atoms with Gasteiger partial charge in [0.2, 0.25) is 0 Å². The number of anilines is 3. The molecule has 3 N–H and O–H groups in total. The molecule has 3 aromatic rings. The van der Waals surface area contributed by atoms with Gasteiger partial charge in [0.05, 0.1) is 17.6 Å². The number of rotatable bonds is 4. The van der Waals surface area contributed by atoms with Crippen LogP contribution >= 0.6 is 0 Å². The van der Waals surface area contributed by atoms with E-state index in [2.05, 4.69) is 15.3 Å². The SMILES string of the molecule is COCc1ccccc1Nc1nc2ccccc2nc1N. The van der Waals surface area contributed by atoms with E-state index in [1.54, 1.807) is 7.11 Å². The van der Waals surface area contributed by atoms with E-state index in [1.165, 1.54) is 0 Å². The second-order valence-electron chi connectivity index (χ2n) is 4.66. The van der Waals surface area contributed by atoms with Gasteiger partial charge in [0.1, 0.15) is 0 Å². The van der Waals surface area contributed by atoms with E-state index in [-0.39, 0.29) is 0 Å². The first-order valence-electron chi connectivity index (χ1n) is 6.64. The van der Waals surface area contributed by atoms with Gasteiger partial charge in [0, 0.05) is 18.4 Å². The summed E-state index contributed by atoms with van der Waals surface area (Å²) >= 11 is 0. The first kappa shape index (κ1) is 13.3. The fraction of sp³-hybridized carbons (Fsp3) is 0.125. The van der Waals surface area contributed by atoms with E-state index < -0.39 is 0 Å². The van der Waals surface area contributed by atoms with Gasteiger partial charge in [-0.1, -0.05) is 30.3 Å². The zero-order valence-electron chi connectivity index (χ0n) is 11.7. The fourth-order valence-electron chi connectivity index (χ4n) is 2.16. The summed E-state index contributed by atoms with van der Waals surface area (Å²) in [5.74, 6) is 0.929. The van der Waals surface area contributed by atoms with Crippen molar-refractivity contribution in [2.24, 2.45) is 0 Å². The highest BCUT2D eigenvalue weighted by atomic mass is 16.5. The maximum atomic E-state index is 5.99. The summed E-state index contributed by atoms with van der Waals surface area (Å²) in [7, 11) is 1.67. The van der Waals surface area contributed by atoms with Crippen LogP contribution in [0.2, 0.25) is 0 Å². The molecule has 1 heterocycles. The van der Waals surface area contributed by atoms with Crippen molar-refractivity contribution in [3.63, 3.8) is 0 Å². The largest absolute Gasteiger partial charge is 0.381 e. The Hall–Kier alpha value is -2.66. The molecule has 0 saturated carbocycles. The predicted molar refractivity (Wildman–Crippen MR) is 84.4 cm³/mol. The summed E-state index contributed by atoms with van der Waals surface area (Å²) in [6.07, 6.45) is 0. The van der Waals surface area contributed by atoms with E-state index in [1.807, 2.05) is 48.5 Å². The first-order valence-corrected chi connectivity index (χ1v) is 6.64. The lowest BCUT2D eigenvalue weighted by molar-refractivity contribution is 0.185. The van der Waals surface area contributed by atoms with Gasteiger partial charge in [0.15, 0.2) is 11.6 Å². The molecule has 0 amide bonds. The Balaban J connectivity index is 2.00. The summed E-state index contributed by atoms with van der Waals surface area (Å²) in [5, 5.41) is 3.24. The number of methoxy groups -OCH3 is 1. The summed E-state index contributed by atoms with van der Waals surface area (Å²) in [6.45, 7) is 0.518. The second-order valence-corrected chi connectivity index (χ2v) is 4.66. The summed E-state index contributed by atoms with van der Waals surface area (Å²) in [4.78, 5) is 8.90. The Bertz CT molecular complexity index is 773. The molecule has 5 heteroatoms. The maximum absolute atomic E-state index is 5.99. The molecular formula is C16H16N4O. The molecule has 2 aromatic carbocycles. The molecule has 0 aliphatic carbocycles. The molecule has 0 unspecified atom stereocenters. The monoisotopic (exact) mass is 280 g/mol. The summed E-state index contributed by atoms with van der Waals surface area (Å²) in [5.41, 5.74) is 9.53. The number of ether oxygens (including phenoxy) is 1. The van der Waals surface area contributed by atoms with Crippen molar-refractivity contribution >= 4 is 28.4 Å². The van der Waals surface area contributed by atoms with Crippen molar-refractivity contribution < 1.29 is 4.74 Å². The highest BCUT2D eigenvalue weighted by Gasteiger charge is 2.08. The average Bonchev–Trinajstić information content (AvgIpc) is 2.50. The van der Waals surface area contributed by atoms with Crippen molar-refractivity contribution in [3.8, 4) is 0 Å². The minimum Gasteiger partial charge on any atom is -0.381 e. The highest BCUT2D eigenvalue weighted by molar-refractivity contribution is 5.81. The standard InChI is InChI=1S/C16H16N4O/c1-21-10-11-6-2-3-7-12(11)19-16-15(17)18-13-8-4-5-9-14(13)20-16/h2-9H,10H2,1H3,(H2,17,18)(H,19,20). The fourth-order valence-corrected chi connectivity index (χ4v) is 2.16. The van der Waals surface area contributed by atoms with Crippen molar-refractivity contribution in [2.45, 2.75) is 6.61 Å². The van der Waals surface area contributed by atoms with Gasteiger partial charge < -0.3 is 15.8 Å². The molecule has 0 atom stereocenters. The zero-order chi connectivity index (χ0) is 14.7. The lowest BCUT2D eigenvalue weighted by atomic mass is 10.2. The highest BCUT2D eigenvalue weighted by Crippen LogP contribution is 2.25. The van der Waals surface area contributed by atoms with Crippen LogP contribution in [0.4, 0.5) is 17.3 Å². The van der Waals surface area contributed by atoms with Gasteiger partial charge in [-0.15, -0.1) is 0 Å². The molecule has 106 valence electrons. The normalized spacial score (nSPS) is 10.7. The predicted octanol–water partition coefficient (Wildman–Crippen LogP) is 3.10. The Morgan fingerprint density at radius 3 is 2.43 bits per heavy atom. The lowest BCUT2D eigenvalue weighted by Gasteiger charge is -2.12. The molecule has 0 fully saturated rings. The minimum atomic E-state index is 0.376. The molecule has 21 heavy (non-hydrogen) atoms. The molecule has 0 saturated heterocycles. The third-order valence-electron chi connectivity index (χ3n) is 3.17. The third kappa shape index (κ3) is 2.78. The smallest absolute Gasteiger partial charge is 0.174 e. The molecule has 1 aromatic heterocycles. The van der Waals surface area contributed by atoms with E-state index in [4.69, 9.17) is 10.5 Å². The number of hydrogen-bond acceptors (Lipinski definition) is 5. The molecular weight excluding hydrogens is 264 g/mol. The molecule has 0 aliphatic rings. The van der Waals surface area contributed by atoms with E-state index in [0.717, 1.165) is 22.3 Å². The third-order valence-corrected chi connectivity index (χ3v) is 3.17. The molecule has 5 nitrogen and oxygen atoms in total. The van der Waals surface area contributed by atoms with Crippen LogP contribution in [0.1, 0.15) is 5.56 Å². The summed E-state index contributed by atoms with van der Waals surface area (Å²) in [6, 6.07) is 15.5. The van der Waals surface area contributed by atoms with Crippen molar-refractivity contribution in [1.29, 1.82) is 0 Å². The number of benzene rings is 2. The van der Waals surface area contributed by atoms with E-state index in [9.17, 15) is 0 Å². The number of nitrogens with two attached hydrogens (primary N) is 1. The quantitative estimate of drug-likeness (QED) is 0.768. The Morgan fingerprint density at radius 1 is 1.00 bits per heavy atom. The van der Waals surface area contributed by atoms with Crippen molar-refractivity contribution in [1.82, 2.24) is 9.97 Å². The van der Waals surface area contributed by atoms with Gasteiger partial charge in [-0.2, -0.15) is 0 Å². The van der Waals surface area contributed by atoms with Crippen LogP contribution in [0.5, 0.6) is 0 Å². The van der Waals surface area contributed by atoms with E-state index in [0.29, 0.717) is 18.2 Å². The maximum Gasteiger partial charge on any atom is 0.174 e. The van der Waals surface area contributed by atoms with Crippen LogP contribution in [0.3, 0.4) is 0 Å². The molecule has 0 radical (unpaired) electrons. The van der Waals surface area contributed by atoms with Gasteiger partial charge in [-0.05, 0) is 18.2 Å². The molecule has 0 spiro atoms. The lowest BCUT2D eigenvalue weighted by Crippen LogP contribution is -2.04. The van der Waals surface area contributed by atoms with Gasteiger partial charge in [-0.25, -0.2) is 9.97 Å². The first-order chi connectivity index (χ1) is 10.3. The van der Waals surface area contributed by atoms with Crippen LogP contribution < -0.4 is 11.1 Å². The Kier molecular flexibility index (Phi) is 3.66. The van der Waals surface area contributed by atoms with Crippen LogP contribution in [0.25, 0.3) is 11.0 Å². The number of nitrogens with zero attached hydrogens (tertiary/aromatic N) is 2. The van der Waals surface area contributed by atoms with Gasteiger partial charge >= 0.3 is 0 Å². The molecule has 0 aliphatic heterocycles. The van der Waals surface area contributed by atoms with Crippen LogP contribution in [-0.2, 0) is 11.3 Å². The van der Waals surface area contributed by atoms with E-state index >= 15 is 0 Å². The second kappa shape index (κ2) is 5.76. The van der Waals surface area contributed by atoms with Crippen LogP contribution in [0, 0.1) is 0 Å². The number of para-hydroxylation sites is 3. The van der Waals surface area contributed by atoms with Crippen molar-refractivity contribution in [2.75, 3.05) is 18.2 Å². The van der Waals surface area contributed by atoms with Gasteiger partial charge in [0.25, 0.3) is 0 Å². The van der Waals surface area contributed by atoms with Crippen molar-refractivity contribution in [3.05, 3.63) is 54.1 Å². The average molecular weight is 280 g/mol. The minimum absolute atomic E-state index is 0.376. The topological polar surface area (TPSA) is 73.1 Å². The summed E-state index contributed by atoms with van der Waals surface area (Å²) < 4.78 is 5.20. The van der Waals surface area contributed by atoms with Crippen LogP contribution in [0.15, 0.2) is 48.5 Å². The Morgan fingerprint density at radius 2 is 1.67 bits per heavy atom. The number of nitrogens with one attached hydrogen (secondary N) is 1. The van der Waals surface area contributed by atoms with Gasteiger partial charge in [-0.3, -0.25) is 0 Å². The Labute approximate surface area is 122 Å². The number of aromatic nitrogens is 2. The molecule has 0 bridgehead atoms. The molecule has 3 rings (SSSR count). The number of fused-ring (bicyclic) bond motifs is 1. The zero-order valence-corrected chi connectivity index (χ0v) is 11.7. The number of hydrogen-bond donors (Lipinski definition) is 2. The van der Waals surface area contributed by atoms with Crippen LogP contribution in [-0.4, -0.2) is 17.1 Å². The number of nitrogen functional groups attached to an aromatic ring is 1.